The molecule has 0 aliphatic heterocycles. The van der Waals surface area contributed by atoms with Gasteiger partial charge in [-0.15, -0.1) is 0 Å². The van der Waals surface area contributed by atoms with Crippen molar-refractivity contribution in [3.05, 3.63) is 104 Å². The average molecular weight is 505 g/mol. The predicted octanol–water partition coefficient (Wildman–Crippen LogP) is 3.98. The van der Waals surface area contributed by atoms with Gasteiger partial charge in [-0.1, -0.05) is 47.1 Å². The number of benzene rings is 3. The lowest BCUT2D eigenvalue weighted by molar-refractivity contribution is 0.354. The highest BCUT2D eigenvalue weighted by molar-refractivity contribution is 6.30. The Bertz CT molecular complexity index is 1690. The van der Waals surface area contributed by atoms with Gasteiger partial charge in [0, 0.05) is 5.02 Å². The van der Waals surface area contributed by atoms with E-state index in [1.165, 1.54) is 16.2 Å². The predicted molar refractivity (Wildman–Crippen MR) is 135 cm³/mol. The van der Waals surface area contributed by atoms with E-state index in [0.29, 0.717) is 33.0 Å². The Balaban J connectivity index is 1.59. The summed E-state index contributed by atoms with van der Waals surface area (Å²) >= 11 is 6.10. The number of fused-ring (bicyclic) bond motifs is 1. The molecule has 9 nitrogen and oxygen atoms in total. The highest BCUT2D eigenvalue weighted by Crippen LogP contribution is 2.36. The topological polar surface area (TPSA) is 101 Å². The Hall–Kier alpha value is -4.37. The van der Waals surface area contributed by atoms with Gasteiger partial charge in [-0.05, 0) is 42.0 Å². The van der Waals surface area contributed by atoms with Gasteiger partial charge in [0.05, 0.1) is 37.2 Å². The molecule has 0 N–H and O–H groups in total. The number of ether oxygens (including phenoxy) is 2. The number of nitrogens with zero attached hydrogens (tertiary/aromatic N) is 4. The van der Waals surface area contributed by atoms with Crippen molar-refractivity contribution in [1.29, 1.82) is 0 Å². The largest absolute Gasteiger partial charge is 0.493 e. The van der Waals surface area contributed by atoms with Crippen LogP contribution >= 0.6 is 11.6 Å². The van der Waals surface area contributed by atoms with E-state index in [1.807, 2.05) is 6.07 Å². The summed E-state index contributed by atoms with van der Waals surface area (Å²) in [6.45, 7) is 0.0353. The normalized spacial score (nSPS) is 11.1. The molecule has 0 bridgehead atoms. The van der Waals surface area contributed by atoms with Gasteiger partial charge < -0.3 is 14.0 Å². The molecule has 0 saturated carbocycles. The number of halogens is 1. The molecule has 5 rings (SSSR count). The molecule has 182 valence electrons. The van der Waals surface area contributed by atoms with Crippen molar-refractivity contribution < 1.29 is 14.0 Å². The molecular formula is C26H21ClN4O5. The quantitative estimate of drug-likeness (QED) is 0.330. The number of hydrogen-bond acceptors (Lipinski definition) is 7. The van der Waals surface area contributed by atoms with Crippen LogP contribution in [0.25, 0.3) is 22.3 Å². The third kappa shape index (κ3) is 4.25. The molecule has 0 aliphatic rings. The zero-order chi connectivity index (χ0) is 25.2. The Kier molecular flexibility index (Phi) is 6.30. The molecule has 10 heteroatoms. The maximum Gasteiger partial charge on any atom is 0.332 e. The highest BCUT2D eigenvalue weighted by atomic mass is 35.5. The number of aromatic nitrogens is 4. The van der Waals surface area contributed by atoms with Crippen molar-refractivity contribution in [2.24, 2.45) is 0 Å². The van der Waals surface area contributed by atoms with Crippen LogP contribution in [0.4, 0.5) is 0 Å². The average Bonchev–Trinajstić information content (AvgIpc) is 3.37. The fourth-order valence-electron chi connectivity index (χ4n) is 4.11. The van der Waals surface area contributed by atoms with Crippen LogP contribution in [0, 0.1) is 0 Å². The fraction of sp³-hybridized carbons (Fsp3) is 0.154. The first-order valence-electron chi connectivity index (χ1n) is 11.0. The first-order chi connectivity index (χ1) is 17.5. The molecule has 36 heavy (non-hydrogen) atoms. The molecule has 0 amide bonds. The van der Waals surface area contributed by atoms with E-state index >= 15 is 0 Å². The lowest BCUT2D eigenvalue weighted by atomic mass is 10.1. The maximum absolute atomic E-state index is 13.5. The molecule has 0 radical (unpaired) electrons. The van der Waals surface area contributed by atoms with Crippen molar-refractivity contribution in [3.63, 3.8) is 0 Å². The minimum Gasteiger partial charge on any atom is -0.493 e. The number of methoxy groups -OCH3 is 2. The summed E-state index contributed by atoms with van der Waals surface area (Å²) < 4.78 is 18.9. The molecule has 0 spiro atoms. The summed E-state index contributed by atoms with van der Waals surface area (Å²) in [6.07, 6.45) is 0. The van der Waals surface area contributed by atoms with Crippen LogP contribution in [0.3, 0.4) is 0 Å². The Morgan fingerprint density at radius 2 is 1.72 bits per heavy atom. The second-order valence-corrected chi connectivity index (χ2v) is 8.40. The number of para-hydroxylation sites is 2. The van der Waals surface area contributed by atoms with E-state index in [4.69, 9.17) is 25.6 Å². The van der Waals surface area contributed by atoms with Crippen LogP contribution in [-0.4, -0.2) is 33.5 Å². The standard InChI is InChI=1S/C26H21ClN4O5/c1-34-21-12-6-10-19(23(21)35-2)24-28-22(36-29-24)15-30-20-11-4-3-9-18(20)25(32)31(26(30)33)14-16-7-5-8-17(27)13-16/h3-13H,14-15H2,1-2H3. The van der Waals surface area contributed by atoms with Gasteiger partial charge in [0.25, 0.3) is 5.56 Å². The fourth-order valence-corrected chi connectivity index (χ4v) is 4.32. The Morgan fingerprint density at radius 3 is 2.50 bits per heavy atom. The third-order valence-corrected chi connectivity index (χ3v) is 6.00. The molecule has 0 fully saturated rings. The molecule has 0 saturated heterocycles. The maximum atomic E-state index is 13.5. The summed E-state index contributed by atoms with van der Waals surface area (Å²) in [5, 5.41) is 4.99. The van der Waals surface area contributed by atoms with E-state index in [2.05, 4.69) is 10.1 Å². The van der Waals surface area contributed by atoms with Crippen LogP contribution in [0.1, 0.15) is 11.5 Å². The SMILES string of the molecule is COc1cccc(-c2noc(Cn3c(=O)n(Cc4cccc(Cl)c4)c(=O)c4ccccc43)n2)c1OC. The van der Waals surface area contributed by atoms with Crippen LogP contribution in [0.5, 0.6) is 11.5 Å². The molecule has 2 heterocycles. The lowest BCUT2D eigenvalue weighted by Crippen LogP contribution is -2.40. The Labute approximate surface area is 210 Å². The Morgan fingerprint density at radius 1 is 0.917 bits per heavy atom. The van der Waals surface area contributed by atoms with Crippen molar-refractivity contribution in [3.8, 4) is 22.9 Å². The third-order valence-electron chi connectivity index (χ3n) is 5.77. The summed E-state index contributed by atoms with van der Waals surface area (Å²) in [5.41, 5.74) is 0.883. The van der Waals surface area contributed by atoms with Crippen molar-refractivity contribution in [1.82, 2.24) is 19.3 Å². The van der Waals surface area contributed by atoms with Crippen LogP contribution < -0.4 is 20.7 Å². The second-order valence-electron chi connectivity index (χ2n) is 7.96. The van der Waals surface area contributed by atoms with E-state index in [-0.39, 0.29) is 30.4 Å². The van der Waals surface area contributed by atoms with Gasteiger partial charge >= 0.3 is 5.69 Å². The van der Waals surface area contributed by atoms with Gasteiger partial charge in [0.2, 0.25) is 11.7 Å². The van der Waals surface area contributed by atoms with Gasteiger partial charge in [-0.25, -0.2) is 4.79 Å². The van der Waals surface area contributed by atoms with Crippen LogP contribution in [-0.2, 0) is 13.1 Å². The molecule has 5 aromatic rings. The van der Waals surface area contributed by atoms with Gasteiger partial charge in [-0.3, -0.25) is 13.9 Å². The number of rotatable bonds is 7. The summed E-state index contributed by atoms with van der Waals surface area (Å²) in [7, 11) is 3.07. The summed E-state index contributed by atoms with van der Waals surface area (Å²) in [6, 6.07) is 19.3. The van der Waals surface area contributed by atoms with Crippen molar-refractivity contribution in [2.75, 3.05) is 14.2 Å². The minimum absolute atomic E-state index is 0.0333. The highest BCUT2D eigenvalue weighted by Gasteiger charge is 2.19. The summed E-state index contributed by atoms with van der Waals surface area (Å²) in [5.74, 6) is 1.46. The van der Waals surface area contributed by atoms with Gasteiger partial charge in [-0.2, -0.15) is 4.98 Å². The minimum atomic E-state index is -0.502. The smallest absolute Gasteiger partial charge is 0.332 e. The van der Waals surface area contributed by atoms with Gasteiger partial charge in [0.15, 0.2) is 11.5 Å². The zero-order valence-corrected chi connectivity index (χ0v) is 20.2. The lowest BCUT2D eigenvalue weighted by Gasteiger charge is -2.13. The second kappa shape index (κ2) is 9.71. The number of hydrogen-bond donors (Lipinski definition) is 0. The molecule has 2 aromatic heterocycles. The first kappa shape index (κ1) is 23.4. The molecule has 0 unspecified atom stereocenters. The zero-order valence-electron chi connectivity index (χ0n) is 19.5. The van der Waals surface area contributed by atoms with E-state index in [1.54, 1.807) is 67.8 Å². The molecule has 3 aromatic carbocycles. The van der Waals surface area contributed by atoms with E-state index < -0.39 is 5.69 Å². The van der Waals surface area contributed by atoms with E-state index in [9.17, 15) is 9.59 Å². The van der Waals surface area contributed by atoms with Crippen LogP contribution in [0.15, 0.2) is 80.8 Å². The molecular weight excluding hydrogens is 484 g/mol. The molecule has 0 atom stereocenters. The monoisotopic (exact) mass is 504 g/mol. The van der Waals surface area contributed by atoms with E-state index in [0.717, 1.165) is 5.56 Å². The van der Waals surface area contributed by atoms with Crippen molar-refractivity contribution >= 4 is 22.5 Å². The van der Waals surface area contributed by atoms with Crippen LogP contribution in [0.2, 0.25) is 5.02 Å². The first-order valence-corrected chi connectivity index (χ1v) is 11.4. The van der Waals surface area contributed by atoms with Crippen molar-refractivity contribution in [2.45, 2.75) is 13.1 Å². The molecule has 0 aliphatic carbocycles. The summed E-state index contributed by atoms with van der Waals surface area (Å²) in [4.78, 5) is 31.2. The van der Waals surface area contributed by atoms with Gasteiger partial charge in [0.1, 0.15) is 6.54 Å².